The maximum Gasteiger partial charge on any atom is 0.342 e. The maximum atomic E-state index is 13.4. The summed E-state index contributed by atoms with van der Waals surface area (Å²) in [5.41, 5.74) is 4.28. The van der Waals surface area contributed by atoms with Gasteiger partial charge in [-0.1, -0.05) is 84.8 Å². The van der Waals surface area contributed by atoms with Gasteiger partial charge in [0.1, 0.15) is 0 Å². The molecule has 0 spiro atoms. The highest BCUT2D eigenvalue weighted by Crippen LogP contribution is 2.45. The van der Waals surface area contributed by atoms with Crippen molar-refractivity contribution < 1.29 is 4.79 Å². The number of hydrazone groups is 1. The van der Waals surface area contributed by atoms with E-state index in [0.29, 0.717) is 16.6 Å². The number of amides is 2. The fraction of sp³-hybridized carbons (Fsp3) is 0.259. The van der Waals surface area contributed by atoms with Gasteiger partial charge in [-0.15, -0.1) is 0 Å². The van der Waals surface area contributed by atoms with Crippen molar-refractivity contribution in [2.75, 3.05) is 5.32 Å². The van der Waals surface area contributed by atoms with Gasteiger partial charge in [0.05, 0.1) is 6.04 Å². The van der Waals surface area contributed by atoms with Gasteiger partial charge >= 0.3 is 6.03 Å². The van der Waals surface area contributed by atoms with Crippen LogP contribution in [0.1, 0.15) is 36.4 Å². The molecule has 0 radical (unpaired) electrons. The number of urea groups is 1. The minimum atomic E-state index is -0.221. The molecular weight excluding hydrogens is 418 g/mol. The fourth-order valence-corrected chi connectivity index (χ4v) is 5.25. The molecule has 0 unspecified atom stereocenters. The fourth-order valence-electron chi connectivity index (χ4n) is 5.06. The van der Waals surface area contributed by atoms with E-state index in [-0.39, 0.29) is 18.0 Å². The van der Waals surface area contributed by atoms with Crippen LogP contribution in [0.5, 0.6) is 0 Å². The zero-order chi connectivity index (χ0) is 21.9. The van der Waals surface area contributed by atoms with E-state index in [0.717, 1.165) is 37.0 Å². The number of nitrogens with zero attached hydrogens (tertiary/aromatic N) is 2. The minimum absolute atomic E-state index is 0.0936. The average molecular weight is 444 g/mol. The van der Waals surface area contributed by atoms with E-state index < -0.39 is 0 Å². The highest BCUT2D eigenvalue weighted by atomic mass is 35.5. The van der Waals surface area contributed by atoms with Crippen LogP contribution < -0.4 is 5.32 Å². The number of fused-ring (bicyclic) bond motifs is 1. The molecule has 1 aliphatic heterocycles. The van der Waals surface area contributed by atoms with Crippen molar-refractivity contribution in [3.8, 4) is 0 Å². The lowest BCUT2D eigenvalue weighted by Crippen LogP contribution is -2.35. The Kier molecular flexibility index (Phi) is 5.95. The predicted octanol–water partition coefficient (Wildman–Crippen LogP) is 6.94. The van der Waals surface area contributed by atoms with Crippen LogP contribution in [0.15, 0.2) is 90.0 Å². The third-order valence-electron chi connectivity index (χ3n) is 6.48. The number of hydrogen-bond donors (Lipinski definition) is 1. The van der Waals surface area contributed by atoms with Gasteiger partial charge in [-0.25, -0.2) is 9.80 Å². The van der Waals surface area contributed by atoms with E-state index in [9.17, 15) is 4.79 Å². The Labute approximate surface area is 193 Å². The van der Waals surface area contributed by atoms with E-state index in [4.69, 9.17) is 16.7 Å². The quantitative estimate of drug-likeness (QED) is 0.466. The number of hydrogen-bond acceptors (Lipinski definition) is 2. The molecule has 1 N–H and O–H groups in total. The summed E-state index contributed by atoms with van der Waals surface area (Å²) in [7, 11) is 0. The first kappa shape index (κ1) is 20.8. The van der Waals surface area contributed by atoms with Crippen LogP contribution in [0.25, 0.3) is 0 Å². The van der Waals surface area contributed by atoms with Gasteiger partial charge in [-0.2, -0.15) is 5.10 Å². The second-order valence-corrected chi connectivity index (χ2v) is 9.03. The molecule has 2 amide bonds. The van der Waals surface area contributed by atoms with Crippen molar-refractivity contribution >= 4 is 29.0 Å². The zero-order valence-electron chi connectivity index (χ0n) is 17.8. The Morgan fingerprint density at radius 2 is 1.72 bits per heavy atom. The van der Waals surface area contributed by atoms with Gasteiger partial charge in [0.2, 0.25) is 0 Å². The SMILES string of the molecule is O=C(Nc1cccc(Cl)c1)N1N=C2[C@@H](Cc3ccccc3)CCC[C@@H]2[C@@H]1c1ccccc1. The average Bonchev–Trinajstić information content (AvgIpc) is 3.21. The third-order valence-corrected chi connectivity index (χ3v) is 6.72. The molecule has 5 rings (SSSR count). The summed E-state index contributed by atoms with van der Waals surface area (Å²) in [5, 5.41) is 10.2. The topological polar surface area (TPSA) is 44.7 Å². The van der Waals surface area contributed by atoms with Crippen molar-refractivity contribution in [1.29, 1.82) is 0 Å². The molecule has 1 fully saturated rings. The summed E-state index contributed by atoms with van der Waals surface area (Å²) in [6.45, 7) is 0. The first-order valence-electron chi connectivity index (χ1n) is 11.2. The number of rotatable bonds is 4. The molecule has 3 aromatic carbocycles. The number of carbonyl (C=O) groups is 1. The zero-order valence-corrected chi connectivity index (χ0v) is 18.6. The monoisotopic (exact) mass is 443 g/mol. The molecule has 2 aliphatic rings. The molecule has 0 aromatic heterocycles. The van der Waals surface area contributed by atoms with Crippen molar-refractivity contribution in [1.82, 2.24) is 5.01 Å². The predicted molar refractivity (Wildman–Crippen MR) is 130 cm³/mol. The molecule has 32 heavy (non-hydrogen) atoms. The summed E-state index contributed by atoms with van der Waals surface area (Å²) >= 11 is 6.12. The normalized spacial score (nSPS) is 22.2. The Hall–Kier alpha value is -3.11. The van der Waals surface area contributed by atoms with Crippen molar-refractivity contribution in [3.05, 3.63) is 101 Å². The largest absolute Gasteiger partial charge is 0.342 e. The number of benzene rings is 3. The summed E-state index contributed by atoms with van der Waals surface area (Å²) in [6.07, 6.45) is 4.26. The Morgan fingerprint density at radius 3 is 2.47 bits per heavy atom. The first-order valence-corrected chi connectivity index (χ1v) is 11.6. The minimum Gasteiger partial charge on any atom is -0.306 e. The van der Waals surface area contributed by atoms with Crippen LogP contribution in [0.3, 0.4) is 0 Å². The summed E-state index contributed by atoms with van der Waals surface area (Å²) < 4.78 is 0. The van der Waals surface area contributed by atoms with Gasteiger partial charge in [-0.05, 0) is 48.6 Å². The molecule has 0 bridgehead atoms. The number of nitrogens with one attached hydrogen (secondary N) is 1. The third kappa shape index (κ3) is 4.28. The molecule has 3 aromatic rings. The van der Waals surface area contributed by atoms with E-state index in [1.807, 2.05) is 36.4 Å². The Morgan fingerprint density at radius 1 is 0.969 bits per heavy atom. The van der Waals surface area contributed by atoms with Crippen molar-refractivity contribution in [2.45, 2.75) is 31.7 Å². The summed E-state index contributed by atoms with van der Waals surface area (Å²) in [6, 6.07) is 27.8. The lowest BCUT2D eigenvalue weighted by molar-refractivity contribution is 0.187. The lowest BCUT2D eigenvalue weighted by Gasteiger charge is -2.32. The second kappa shape index (κ2) is 9.17. The lowest BCUT2D eigenvalue weighted by atomic mass is 9.73. The standard InChI is InChI=1S/C27H26ClN3O/c28-22-14-8-15-23(18-22)29-27(32)31-26(20-11-5-2-6-12-20)24-16-7-13-21(25(24)30-31)17-19-9-3-1-4-10-19/h1-6,8-12,14-15,18,21,24,26H,7,13,16-17H2,(H,29,32)/t21-,24+,26+/m1/s1. The van der Waals surface area contributed by atoms with Crippen LogP contribution in [0, 0.1) is 11.8 Å². The van der Waals surface area contributed by atoms with Crippen LogP contribution in [-0.2, 0) is 6.42 Å². The van der Waals surface area contributed by atoms with Crippen molar-refractivity contribution in [3.63, 3.8) is 0 Å². The van der Waals surface area contributed by atoms with Crippen LogP contribution in [0.2, 0.25) is 5.02 Å². The number of anilines is 1. The Balaban J connectivity index is 1.46. The van der Waals surface area contributed by atoms with Crippen LogP contribution >= 0.6 is 11.6 Å². The summed E-state index contributed by atoms with van der Waals surface area (Å²) in [5.74, 6) is 0.594. The van der Waals surface area contributed by atoms with Gasteiger partial charge in [0, 0.05) is 28.3 Å². The first-order chi connectivity index (χ1) is 15.7. The van der Waals surface area contributed by atoms with E-state index in [1.54, 1.807) is 17.1 Å². The molecule has 1 heterocycles. The highest BCUT2D eigenvalue weighted by Gasteiger charge is 2.45. The molecule has 162 valence electrons. The Bertz CT molecular complexity index is 1120. The molecule has 3 atom stereocenters. The molecule has 0 saturated heterocycles. The smallest absolute Gasteiger partial charge is 0.306 e. The molecular formula is C27H26ClN3O. The molecule has 1 saturated carbocycles. The molecule has 5 heteroatoms. The van der Waals surface area contributed by atoms with Gasteiger partial charge in [0.25, 0.3) is 0 Å². The maximum absolute atomic E-state index is 13.4. The number of halogens is 1. The molecule has 1 aliphatic carbocycles. The van der Waals surface area contributed by atoms with Gasteiger partial charge in [0.15, 0.2) is 0 Å². The van der Waals surface area contributed by atoms with E-state index in [2.05, 4.69) is 41.7 Å². The van der Waals surface area contributed by atoms with Crippen LogP contribution in [-0.4, -0.2) is 16.8 Å². The van der Waals surface area contributed by atoms with Gasteiger partial charge in [-0.3, -0.25) is 0 Å². The number of carbonyl (C=O) groups excluding carboxylic acids is 1. The van der Waals surface area contributed by atoms with E-state index >= 15 is 0 Å². The highest BCUT2D eigenvalue weighted by molar-refractivity contribution is 6.30. The summed E-state index contributed by atoms with van der Waals surface area (Å²) in [4.78, 5) is 13.4. The molecule has 4 nitrogen and oxygen atoms in total. The van der Waals surface area contributed by atoms with Gasteiger partial charge < -0.3 is 5.32 Å². The van der Waals surface area contributed by atoms with Crippen molar-refractivity contribution in [2.24, 2.45) is 16.9 Å². The van der Waals surface area contributed by atoms with Crippen LogP contribution in [0.4, 0.5) is 10.5 Å². The second-order valence-electron chi connectivity index (χ2n) is 8.59. The van der Waals surface area contributed by atoms with E-state index in [1.165, 1.54) is 5.56 Å².